The Morgan fingerprint density at radius 1 is 1.60 bits per heavy atom. The topological polar surface area (TPSA) is 26.3 Å². The van der Waals surface area contributed by atoms with Crippen molar-refractivity contribution < 1.29 is 13.9 Å². The highest BCUT2D eigenvalue weighted by Gasteiger charge is 2.07. The predicted octanol–water partition coefficient (Wildman–Crippen LogP) is 3.02. The van der Waals surface area contributed by atoms with E-state index in [0.29, 0.717) is 10.9 Å². The summed E-state index contributed by atoms with van der Waals surface area (Å²) in [5.74, 6) is -0.972. The summed E-state index contributed by atoms with van der Waals surface area (Å²) in [6, 6.07) is 4.24. The van der Waals surface area contributed by atoms with Gasteiger partial charge in [0.1, 0.15) is 5.82 Å². The third-order valence-electron chi connectivity index (χ3n) is 1.81. The Labute approximate surface area is 95.9 Å². The van der Waals surface area contributed by atoms with Crippen LogP contribution in [0.15, 0.2) is 24.3 Å². The Morgan fingerprint density at radius 3 is 2.87 bits per heavy atom. The molecule has 0 N–H and O–H groups in total. The highest BCUT2D eigenvalue weighted by Crippen LogP contribution is 2.13. The predicted molar refractivity (Wildman–Crippen MR) is 60.6 cm³/mol. The number of carbonyl (C=O) groups excluding carboxylic acids is 1. The van der Waals surface area contributed by atoms with Crippen LogP contribution in [-0.4, -0.2) is 18.4 Å². The number of allylic oxidation sites excluding steroid dienone is 1. The number of hydrogen-bond donors (Lipinski definition) is 0. The van der Waals surface area contributed by atoms with Gasteiger partial charge in [-0.15, -0.1) is 0 Å². The normalized spacial score (nSPS) is 10.6. The van der Waals surface area contributed by atoms with E-state index in [4.69, 9.17) is 0 Å². The molecular formula is C11H10BrFO2. The average Bonchev–Trinajstić information content (AvgIpc) is 2.26. The summed E-state index contributed by atoms with van der Waals surface area (Å²) in [5, 5.41) is 0.658. The van der Waals surface area contributed by atoms with Crippen molar-refractivity contribution in [1.82, 2.24) is 0 Å². The Kier molecular flexibility index (Phi) is 4.49. The molecule has 0 radical (unpaired) electrons. The molecule has 0 aliphatic rings. The van der Waals surface area contributed by atoms with Gasteiger partial charge in [0, 0.05) is 10.9 Å². The molecule has 0 fully saturated rings. The zero-order valence-electron chi connectivity index (χ0n) is 8.17. The fourth-order valence-electron chi connectivity index (χ4n) is 1.08. The number of benzene rings is 1. The van der Waals surface area contributed by atoms with E-state index in [2.05, 4.69) is 20.7 Å². The SMILES string of the molecule is COC(=O)c1ccc(C=CCBr)c(F)c1. The second kappa shape index (κ2) is 5.66. The molecule has 1 rings (SSSR count). The molecule has 1 aromatic rings. The lowest BCUT2D eigenvalue weighted by molar-refractivity contribution is 0.0600. The summed E-state index contributed by atoms with van der Waals surface area (Å²) >= 11 is 3.20. The van der Waals surface area contributed by atoms with E-state index in [1.165, 1.54) is 19.2 Å². The van der Waals surface area contributed by atoms with Gasteiger partial charge in [0.25, 0.3) is 0 Å². The maximum Gasteiger partial charge on any atom is 0.337 e. The van der Waals surface area contributed by atoms with Crippen LogP contribution in [0.25, 0.3) is 6.08 Å². The fraction of sp³-hybridized carbons (Fsp3) is 0.182. The van der Waals surface area contributed by atoms with E-state index < -0.39 is 11.8 Å². The first kappa shape index (κ1) is 11.9. The van der Waals surface area contributed by atoms with E-state index in [1.54, 1.807) is 18.2 Å². The minimum absolute atomic E-state index is 0.214. The molecule has 1 aromatic carbocycles. The smallest absolute Gasteiger partial charge is 0.337 e. The Bertz CT molecular complexity index is 388. The lowest BCUT2D eigenvalue weighted by Crippen LogP contribution is -2.01. The lowest BCUT2D eigenvalue weighted by atomic mass is 10.1. The average molecular weight is 273 g/mol. The lowest BCUT2D eigenvalue weighted by Gasteiger charge is -2.01. The zero-order chi connectivity index (χ0) is 11.3. The summed E-state index contributed by atoms with van der Waals surface area (Å²) in [7, 11) is 1.26. The molecule has 4 heteroatoms. The molecule has 0 atom stereocenters. The van der Waals surface area contributed by atoms with Crippen molar-refractivity contribution in [2.75, 3.05) is 12.4 Å². The molecule has 80 valence electrons. The third-order valence-corrected chi connectivity index (χ3v) is 2.18. The minimum atomic E-state index is -0.537. The van der Waals surface area contributed by atoms with Crippen LogP contribution >= 0.6 is 15.9 Å². The van der Waals surface area contributed by atoms with Crippen LogP contribution in [0.4, 0.5) is 4.39 Å². The van der Waals surface area contributed by atoms with Crippen LogP contribution in [0, 0.1) is 5.82 Å². The third kappa shape index (κ3) is 3.16. The van der Waals surface area contributed by atoms with Crippen molar-refractivity contribution in [2.45, 2.75) is 0 Å². The summed E-state index contributed by atoms with van der Waals surface area (Å²) < 4.78 is 17.9. The molecule has 0 bridgehead atoms. The molecule has 0 aliphatic heterocycles. The Hall–Kier alpha value is -1.16. The highest BCUT2D eigenvalue weighted by molar-refractivity contribution is 9.09. The molecule has 0 heterocycles. The Balaban J connectivity index is 2.98. The second-order valence-corrected chi connectivity index (χ2v) is 3.43. The minimum Gasteiger partial charge on any atom is -0.465 e. The van der Waals surface area contributed by atoms with Crippen LogP contribution in [0.2, 0.25) is 0 Å². The van der Waals surface area contributed by atoms with Gasteiger partial charge in [-0.2, -0.15) is 0 Å². The van der Waals surface area contributed by atoms with E-state index in [-0.39, 0.29) is 5.56 Å². The number of halogens is 2. The maximum absolute atomic E-state index is 13.4. The van der Waals surface area contributed by atoms with Gasteiger partial charge in [-0.25, -0.2) is 9.18 Å². The van der Waals surface area contributed by atoms with E-state index >= 15 is 0 Å². The molecule has 0 aromatic heterocycles. The van der Waals surface area contributed by atoms with E-state index in [9.17, 15) is 9.18 Å². The number of hydrogen-bond acceptors (Lipinski definition) is 2. The number of ether oxygens (including phenoxy) is 1. The van der Waals surface area contributed by atoms with Crippen molar-refractivity contribution in [3.63, 3.8) is 0 Å². The molecule has 0 spiro atoms. The van der Waals surface area contributed by atoms with Gasteiger partial charge in [0.15, 0.2) is 0 Å². The van der Waals surface area contributed by atoms with Crippen LogP contribution < -0.4 is 0 Å². The molecule has 0 saturated heterocycles. The molecule has 15 heavy (non-hydrogen) atoms. The van der Waals surface area contributed by atoms with Gasteiger partial charge in [-0.05, 0) is 12.1 Å². The van der Waals surface area contributed by atoms with Crippen molar-refractivity contribution in [3.05, 3.63) is 41.2 Å². The van der Waals surface area contributed by atoms with Gasteiger partial charge in [0.05, 0.1) is 12.7 Å². The van der Waals surface area contributed by atoms with Crippen molar-refractivity contribution in [1.29, 1.82) is 0 Å². The van der Waals surface area contributed by atoms with Gasteiger partial charge >= 0.3 is 5.97 Å². The monoisotopic (exact) mass is 272 g/mol. The van der Waals surface area contributed by atoms with Crippen LogP contribution in [-0.2, 0) is 4.74 Å². The first-order valence-corrected chi connectivity index (χ1v) is 5.41. The molecule has 0 saturated carbocycles. The molecule has 2 nitrogen and oxygen atoms in total. The van der Waals surface area contributed by atoms with Gasteiger partial charge < -0.3 is 4.74 Å². The second-order valence-electron chi connectivity index (χ2n) is 2.78. The van der Waals surface area contributed by atoms with Crippen molar-refractivity contribution in [2.24, 2.45) is 0 Å². The van der Waals surface area contributed by atoms with Gasteiger partial charge in [-0.1, -0.05) is 34.1 Å². The van der Waals surface area contributed by atoms with Crippen molar-refractivity contribution >= 4 is 28.0 Å². The van der Waals surface area contributed by atoms with Crippen LogP contribution in [0.3, 0.4) is 0 Å². The standard InChI is InChI=1S/C11H10BrFO2/c1-15-11(14)9-5-4-8(3-2-6-12)10(13)7-9/h2-5,7H,6H2,1H3. The van der Waals surface area contributed by atoms with Crippen LogP contribution in [0.1, 0.15) is 15.9 Å². The van der Waals surface area contributed by atoms with E-state index in [0.717, 1.165) is 0 Å². The quantitative estimate of drug-likeness (QED) is 0.625. The number of rotatable bonds is 3. The Morgan fingerprint density at radius 2 is 2.33 bits per heavy atom. The molecule has 0 amide bonds. The molecular weight excluding hydrogens is 263 g/mol. The number of carbonyl (C=O) groups is 1. The number of methoxy groups -OCH3 is 1. The first-order valence-electron chi connectivity index (χ1n) is 4.29. The largest absolute Gasteiger partial charge is 0.465 e. The highest BCUT2D eigenvalue weighted by atomic mass is 79.9. The summed E-state index contributed by atoms with van der Waals surface area (Å²) in [6.45, 7) is 0. The van der Waals surface area contributed by atoms with Crippen molar-refractivity contribution in [3.8, 4) is 0 Å². The number of alkyl halides is 1. The number of esters is 1. The summed E-state index contributed by atoms with van der Waals surface area (Å²) in [6.07, 6.45) is 3.42. The van der Waals surface area contributed by atoms with E-state index in [1.807, 2.05) is 0 Å². The summed E-state index contributed by atoms with van der Waals surface area (Å²) in [5.41, 5.74) is 0.660. The van der Waals surface area contributed by atoms with Gasteiger partial charge in [0.2, 0.25) is 0 Å². The zero-order valence-corrected chi connectivity index (χ0v) is 9.75. The first-order chi connectivity index (χ1) is 7.19. The molecule has 0 unspecified atom stereocenters. The maximum atomic E-state index is 13.4. The van der Waals surface area contributed by atoms with Crippen LogP contribution in [0.5, 0.6) is 0 Å². The fourth-order valence-corrected chi connectivity index (χ4v) is 1.27. The molecule has 0 aliphatic carbocycles. The van der Waals surface area contributed by atoms with Gasteiger partial charge in [-0.3, -0.25) is 0 Å². The summed E-state index contributed by atoms with van der Waals surface area (Å²) in [4.78, 5) is 11.1.